The molecule has 0 amide bonds. The van der Waals surface area contributed by atoms with Gasteiger partial charge in [0, 0.05) is 11.8 Å². The normalized spacial score (nSPS) is 10.1. The molecule has 0 aliphatic rings. The molecule has 0 saturated carbocycles. The molecule has 0 bridgehead atoms. The summed E-state index contributed by atoms with van der Waals surface area (Å²) >= 11 is 3.24. The first-order chi connectivity index (χ1) is 6.81. The summed E-state index contributed by atoms with van der Waals surface area (Å²) in [4.78, 5) is 11.1. The van der Waals surface area contributed by atoms with Gasteiger partial charge in [0.2, 0.25) is 0 Å². The van der Waals surface area contributed by atoms with E-state index < -0.39 is 0 Å². The zero-order valence-electron chi connectivity index (χ0n) is 8.76. The SMILES string of the molecule is CCCCCC(=O)OCCOCCBr. The predicted molar refractivity (Wildman–Crippen MR) is 59.7 cm³/mol. The molecule has 0 unspecified atom stereocenters. The van der Waals surface area contributed by atoms with Gasteiger partial charge < -0.3 is 9.47 Å². The van der Waals surface area contributed by atoms with Gasteiger partial charge in [-0.25, -0.2) is 0 Å². The van der Waals surface area contributed by atoms with E-state index in [2.05, 4.69) is 22.9 Å². The molecule has 84 valence electrons. The van der Waals surface area contributed by atoms with Crippen LogP contribution in [0.5, 0.6) is 0 Å². The second-order valence-electron chi connectivity index (χ2n) is 2.98. The lowest BCUT2D eigenvalue weighted by Gasteiger charge is -2.04. The van der Waals surface area contributed by atoms with E-state index >= 15 is 0 Å². The van der Waals surface area contributed by atoms with Crippen LogP contribution >= 0.6 is 15.9 Å². The molecule has 0 aromatic rings. The average molecular weight is 267 g/mol. The van der Waals surface area contributed by atoms with Gasteiger partial charge in [0.25, 0.3) is 0 Å². The maximum atomic E-state index is 11.1. The lowest BCUT2D eigenvalue weighted by molar-refractivity contribution is -0.145. The number of alkyl halides is 1. The van der Waals surface area contributed by atoms with Crippen molar-refractivity contribution in [1.29, 1.82) is 0 Å². The molecule has 0 aromatic carbocycles. The molecule has 0 atom stereocenters. The first-order valence-corrected chi connectivity index (χ1v) is 6.22. The van der Waals surface area contributed by atoms with Gasteiger partial charge in [0.05, 0.1) is 13.2 Å². The van der Waals surface area contributed by atoms with E-state index in [9.17, 15) is 4.79 Å². The van der Waals surface area contributed by atoms with E-state index in [1.807, 2.05) is 0 Å². The summed E-state index contributed by atoms with van der Waals surface area (Å²) in [6.45, 7) is 3.63. The van der Waals surface area contributed by atoms with Crippen molar-refractivity contribution in [2.24, 2.45) is 0 Å². The topological polar surface area (TPSA) is 35.5 Å². The largest absolute Gasteiger partial charge is 0.463 e. The Hall–Kier alpha value is -0.0900. The highest BCUT2D eigenvalue weighted by atomic mass is 79.9. The summed E-state index contributed by atoms with van der Waals surface area (Å²) in [5.41, 5.74) is 0. The Morgan fingerprint density at radius 2 is 2.00 bits per heavy atom. The van der Waals surface area contributed by atoms with E-state index in [-0.39, 0.29) is 5.97 Å². The molecule has 0 aromatic heterocycles. The van der Waals surface area contributed by atoms with E-state index in [0.29, 0.717) is 26.2 Å². The molecule has 0 radical (unpaired) electrons. The van der Waals surface area contributed by atoms with E-state index in [1.165, 1.54) is 0 Å². The standard InChI is InChI=1S/C10H19BrO3/c1-2-3-4-5-10(12)14-9-8-13-7-6-11/h2-9H2,1H3. The summed E-state index contributed by atoms with van der Waals surface area (Å²) in [7, 11) is 0. The molecule has 0 spiro atoms. The fourth-order valence-corrected chi connectivity index (χ4v) is 1.19. The minimum Gasteiger partial charge on any atom is -0.463 e. The van der Waals surface area contributed by atoms with Crippen molar-refractivity contribution >= 4 is 21.9 Å². The van der Waals surface area contributed by atoms with Crippen LogP contribution in [0.15, 0.2) is 0 Å². The molecular formula is C10H19BrO3. The number of carbonyl (C=O) groups excluding carboxylic acids is 1. The second kappa shape index (κ2) is 11.0. The van der Waals surface area contributed by atoms with Crippen molar-refractivity contribution in [1.82, 2.24) is 0 Å². The van der Waals surface area contributed by atoms with Gasteiger partial charge in [-0.15, -0.1) is 0 Å². The highest BCUT2D eigenvalue weighted by Gasteiger charge is 2.01. The van der Waals surface area contributed by atoms with Crippen molar-refractivity contribution in [2.45, 2.75) is 32.6 Å². The summed E-state index contributed by atoms with van der Waals surface area (Å²) < 4.78 is 10.1. The van der Waals surface area contributed by atoms with Crippen LogP contribution in [0.4, 0.5) is 0 Å². The first-order valence-electron chi connectivity index (χ1n) is 5.10. The highest BCUT2D eigenvalue weighted by Crippen LogP contribution is 2.00. The second-order valence-corrected chi connectivity index (χ2v) is 3.77. The Kier molecular flexibility index (Phi) is 10.9. The fourth-order valence-electron chi connectivity index (χ4n) is 0.963. The van der Waals surface area contributed by atoms with Crippen LogP contribution in [-0.4, -0.2) is 31.1 Å². The quantitative estimate of drug-likeness (QED) is 0.366. The number of halogens is 1. The molecule has 14 heavy (non-hydrogen) atoms. The lowest BCUT2D eigenvalue weighted by atomic mass is 10.2. The third-order valence-corrected chi connectivity index (χ3v) is 2.02. The third-order valence-electron chi connectivity index (χ3n) is 1.70. The van der Waals surface area contributed by atoms with Gasteiger partial charge in [-0.1, -0.05) is 35.7 Å². The predicted octanol–water partition coefficient (Wildman–Crippen LogP) is 2.52. The smallest absolute Gasteiger partial charge is 0.305 e. The van der Waals surface area contributed by atoms with Crippen molar-refractivity contribution in [2.75, 3.05) is 25.2 Å². The van der Waals surface area contributed by atoms with Crippen LogP contribution in [0.25, 0.3) is 0 Å². The Balaban J connectivity index is 3.10. The van der Waals surface area contributed by atoms with Crippen LogP contribution in [0.1, 0.15) is 32.6 Å². The Morgan fingerprint density at radius 1 is 1.21 bits per heavy atom. The fraction of sp³-hybridized carbons (Fsp3) is 0.900. The van der Waals surface area contributed by atoms with Crippen molar-refractivity contribution in [3.05, 3.63) is 0 Å². The molecule has 3 nitrogen and oxygen atoms in total. The van der Waals surface area contributed by atoms with E-state index in [4.69, 9.17) is 9.47 Å². The number of esters is 1. The number of unbranched alkanes of at least 4 members (excludes halogenated alkanes) is 2. The van der Waals surface area contributed by atoms with Gasteiger partial charge in [-0.05, 0) is 6.42 Å². The summed E-state index contributed by atoms with van der Waals surface area (Å²) in [6, 6.07) is 0. The number of hydrogen-bond acceptors (Lipinski definition) is 3. The molecule has 0 aliphatic heterocycles. The summed E-state index contributed by atoms with van der Waals surface area (Å²) in [5.74, 6) is -0.110. The van der Waals surface area contributed by atoms with Gasteiger partial charge in [0.15, 0.2) is 0 Å². The minimum atomic E-state index is -0.110. The maximum absolute atomic E-state index is 11.1. The van der Waals surface area contributed by atoms with Gasteiger partial charge in [-0.2, -0.15) is 0 Å². The Morgan fingerprint density at radius 3 is 2.64 bits per heavy atom. The summed E-state index contributed by atoms with van der Waals surface area (Å²) in [6.07, 6.45) is 3.68. The van der Waals surface area contributed by atoms with Crippen molar-refractivity contribution in [3.8, 4) is 0 Å². The van der Waals surface area contributed by atoms with Crippen LogP contribution in [0.3, 0.4) is 0 Å². The number of rotatable bonds is 9. The Labute approximate surface area is 94.3 Å². The maximum Gasteiger partial charge on any atom is 0.305 e. The molecule has 0 rings (SSSR count). The molecule has 0 saturated heterocycles. The molecule has 0 fully saturated rings. The van der Waals surface area contributed by atoms with Gasteiger partial charge in [0.1, 0.15) is 6.61 Å². The van der Waals surface area contributed by atoms with Gasteiger partial charge >= 0.3 is 5.97 Å². The zero-order valence-corrected chi connectivity index (χ0v) is 10.3. The monoisotopic (exact) mass is 266 g/mol. The molecule has 0 aliphatic carbocycles. The van der Waals surface area contributed by atoms with Crippen LogP contribution in [-0.2, 0) is 14.3 Å². The number of ether oxygens (including phenoxy) is 2. The first kappa shape index (κ1) is 13.9. The highest BCUT2D eigenvalue weighted by molar-refractivity contribution is 9.09. The van der Waals surface area contributed by atoms with Crippen LogP contribution < -0.4 is 0 Å². The van der Waals surface area contributed by atoms with E-state index in [1.54, 1.807) is 0 Å². The third kappa shape index (κ3) is 9.99. The van der Waals surface area contributed by atoms with Crippen LogP contribution in [0.2, 0.25) is 0 Å². The summed E-state index contributed by atoms with van der Waals surface area (Å²) in [5, 5.41) is 0.817. The Bertz CT molecular complexity index is 139. The van der Waals surface area contributed by atoms with Crippen molar-refractivity contribution in [3.63, 3.8) is 0 Å². The van der Waals surface area contributed by atoms with E-state index in [0.717, 1.165) is 24.6 Å². The average Bonchev–Trinajstić information content (AvgIpc) is 2.18. The molecular weight excluding hydrogens is 248 g/mol. The van der Waals surface area contributed by atoms with Gasteiger partial charge in [-0.3, -0.25) is 4.79 Å². The minimum absolute atomic E-state index is 0.110. The van der Waals surface area contributed by atoms with Crippen molar-refractivity contribution < 1.29 is 14.3 Å². The molecule has 4 heteroatoms. The lowest BCUT2D eigenvalue weighted by Crippen LogP contribution is -2.11. The zero-order chi connectivity index (χ0) is 10.6. The molecule has 0 N–H and O–H groups in total. The molecule has 0 heterocycles. The van der Waals surface area contributed by atoms with Crippen LogP contribution in [0, 0.1) is 0 Å². The number of carbonyl (C=O) groups is 1. The number of hydrogen-bond donors (Lipinski definition) is 0.